The number of H-pyrrole nitrogens is 1. The zero-order chi connectivity index (χ0) is 19.0. The number of halogens is 2. The molecule has 1 aromatic carbocycles. The fraction of sp³-hybridized carbons (Fsp3) is 0.400. The van der Waals surface area contributed by atoms with E-state index in [0.717, 1.165) is 24.2 Å². The molecule has 1 atom stereocenters. The van der Waals surface area contributed by atoms with Gasteiger partial charge in [0.05, 0.1) is 12.6 Å². The summed E-state index contributed by atoms with van der Waals surface area (Å²) >= 11 is 0. The van der Waals surface area contributed by atoms with Crippen LogP contribution in [0.5, 0.6) is 5.75 Å². The highest BCUT2D eigenvalue weighted by atomic mass is 19.3. The number of nitrogens with zero attached hydrogens (tertiary/aromatic N) is 1. The summed E-state index contributed by atoms with van der Waals surface area (Å²) in [5.74, 6) is -3.07. The van der Waals surface area contributed by atoms with Crippen LogP contribution in [0.1, 0.15) is 34.3 Å². The molecule has 5 nitrogen and oxygen atoms in total. The van der Waals surface area contributed by atoms with Gasteiger partial charge in [-0.05, 0) is 54.7 Å². The van der Waals surface area contributed by atoms with Gasteiger partial charge in [0, 0.05) is 12.6 Å². The number of fused-ring (bicyclic) bond motifs is 1. The van der Waals surface area contributed by atoms with E-state index in [0.29, 0.717) is 5.75 Å². The number of amides is 1. The summed E-state index contributed by atoms with van der Waals surface area (Å²) in [6.07, 6.45) is 4.08. The Hall–Kier alpha value is -2.70. The van der Waals surface area contributed by atoms with E-state index in [1.54, 1.807) is 0 Å². The van der Waals surface area contributed by atoms with Gasteiger partial charge in [0.1, 0.15) is 17.9 Å². The molecule has 27 heavy (non-hydrogen) atoms. The average molecular weight is 374 g/mol. The first-order valence-electron chi connectivity index (χ1n) is 9.04. The largest absolute Gasteiger partial charge is 0.491 e. The third-order valence-electron chi connectivity index (χ3n) is 5.20. The van der Waals surface area contributed by atoms with Gasteiger partial charge in [0.25, 0.3) is 17.4 Å². The van der Waals surface area contributed by atoms with Gasteiger partial charge in [-0.1, -0.05) is 6.07 Å². The van der Waals surface area contributed by atoms with E-state index in [1.165, 1.54) is 29.5 Å². The molecule has 0 spiro atoms. The first kappa shape index (κ1) is 17.7. The predicted molar refractivity (Wildman–Crippen MR) is 95.4 cm³/mol. The summed E-state index contributed by atoms with van der Waals surface area (Å²) < 4.78 is 33.7. The summed E-state index contributed by atoms with van der Waals surface area (Å²) in [6, 6.07) is 7.84. The first-order valence-corrected chi connectivity index (χ1v) is 9.04. The molecule has 4 rings (SSSR count). The summed E-state index contributed by atoms with van der Waals surface area (Å²) in [4.78, 5) is 28.0. The average Bonchev–Trinajstić information content (AvgIpc) is 3.22. The Morgan fingerprint density at radius 3 is 2.89 bits per heavy atom. The van der Waals surface area contributed by atoms with Crippen LogP contribution in [0.4, 0.5) is 8.78 Å². The van der Waals surface area contributed by atoms with Crippen LogP contribution in [0.2, 0.25) is 0 Å². The monoisotopic (exact) mass is 374 g/mol. The van der Waals surface area contributed by atoms with Crippen molar-refractivity contribution < 1.29 is 18.3 Å². The summed E-state index contributed by atoms with van der Waals surface area (Å²) in [5.41, 5.74) is 1.80. The fourth-order valence-electron chi connectivity index (χ4n) is 3.86. The third kappa shape index (κ3) is 3.59. The number of hydrogen-bond acceptors (Lipinski definition) is 3. The molecule has 0 unspecified atom stereocenters. The van der Waals surface area contributed by atoms with Crippen molar-refractivity contribution >= 4 is 5.91 Å². The molecule has 1 aliphatic heterocycles. The number of likely N-dealkylation sites (tertiary alicyclic amines) is 1. The number of carbonyl (C=O) groups excluding carboxylic acids is 1. The number of hydrogen-bond donors (Lipinski definition) is 1. The number of rotatable bonds is 4. The van der Waals surface area contributed by atoms with Crippen LogP contribution in [0.25, 0.3) is 0 Å². The Morgan fingerprint density at radius 1 is 1.26 bits per heavy atom. The van der Waals surface area contributed by atoms with Crippen LogP contribution < -0.4 is 10.3 Å². The van der Waals surface area contributed by atoms with Crippen molar-refractivity contribution in [2.24, 2.45) is 0 Å². The second-order valence-electron chi connectivity index (χ2n) is 7.15. The minimum atomic E-state index is -3.00. The molecule has 2 heterocycles. The zero-order valence-electron chi connectivity index (χ0n) is 14.7. The molecule has 7 heteroatoms. The van der Waals surface area contributed by atoms with E-state index in [9.17, 15) is 18.4 Å². The molecular weight excluding hydrogens is 354 g/mol. The first-order chi connectivity index (χ1) is 12.9. The van der Waals surface area contributed by atoms with Gasteiger partial charge >= 0.3 is 0 Å². The molecule has 1 saturated heterocycles. The highest BCUT2D eigenvalue weighted by Crippen LogP contribution is 2.33. The molecule has 0 radical (unpaired) electrons. The normalized spacial score (nSPS) is 20.5. The van der Waals surface area contributed by atoms with E-state index >= 15 is 0 Å². The number of aromatic nitrogens is 1. The molecule has 2 aliphatic rings. The molecule has 1 aromatic heterocycles. The van der Waals surface area contributed by atoms with Crippen molar-refractivity contribution in [3.05, 3.63) is 63.6 Å². The molecule has 1 fully saturated rings. The lowest BCUT2D eigenvalue weighted by Crippen LogP contribution is -2.41. The number of pyridine rings is 1. The lowest BCUT2D eigenvalue weighted by molar-refractivity contribution is 0.0116. The maximum Gasteiger partial charge on any atom is 0.267 e. The highest BCUT2D eigenvalue weighted by Gasteiger charge is 2.47. The van der Waals surface area contributed by atoms with Crippen molar-refractivity contribution in [3.63, 3.8) is 0 Å². The summed E-state index contributed by atoms with van der Waals surface area (Å²) in [7, 11) is 0. The van der Waals surface area contributed by atoms with Gasteiger partial charge in [0.15, 0.2) is 0 Å². The van der Waals surface area contributed by atoms with Crippen molar-refractivity contribution in [2.45, 2.75) is 37.6 Å². The van der Waals surface area contributed by atoms with Gasteiger partial charge in [-0.3, -0.25) is 9.59 Å². The predicted octanol–water partition coefficient (Wildman–Crippen LogP) is 2.79. The van der Waals surface area contributed by atoms with E-state index < -0.39 is 36.4 Å². The van der Waals surface area contributed by atoms with E-state index in [-0.39, 0.29) is 12.2 Å². The minimum Gasteiger partial charge on any atom is -0.491 e. The number of carbonyl (C=O) groups is 1. The zero-order valence-corrected chi connectivity index (χ0v) is 14.7. The van der Waals surface area contributed by atoms with Crippen LogP contribution >= 0.6 is 0 Å². The second-order valence-corrected chi connectivity index (χ2v) is 7.15. The lowest BCUT2D eigenvalue weighted by atomic mass is 10.1. The van der Waals surface area contributed by atoms with Crippen LogP contribution in [0.3, 0.4) is 0 Å². The van der Waals surface area contributed by atoms with Crippen LogP contribution in [0, 0.1) is 0 Å². The van der Waals surface area contributed by atoms with Crippen molar-refractivity contribution in [2.75, 3.05) is 13.2 Å². The quantitative estimate of drug-likeness (QED) is 0.895. The van der Waals surface area contributed by atoms with Crippen LogP contribution in [-0.4, -0.2) is 40.9 Å². The number of aryl methyl sites for hydroxylation is 2. The van der Waals surface area contributed by atoms with Crippen molar-refractivity contribution in [1.82, 2.24) is 9.88 Å². The number of aromatic amines is 1. The molecule has 1 amide bonds. The molecule has 1 N–H and O–H groups in total. The smallest absolute Gasteiger partial charge is 0.267 e. The molecule has 142 valence electrons. The topological polar surface area (TPSA) is 62.4 Å². The van der Waals surface area contributed by atoms with E-state index in [2.05, 4.69) is 4.98 Å². The number of alkyl halides is 2. The van der Waals surface area contributed by atoms with E-state index in [1.807, 2.05) is 18.2 Å². The second kappa shape index (κ2) is 6.79. The standard InChI is InChI=1S/C20H20F2N2O3/c21-20(22)10-15(11-27-16-7-6-13-3-1-4-14(13)9-16)24(12-20)19(26)17-5-2-8-23-18(17)25/h2,5-9,15H,1,3-4,10-12H2,(H,23,25)/t15-/m0/s1. The van der Waals surface area contributed by atoms with Gasteiger partial charge < -0.3 is 14.6 Å². The Labute approximate surface area is 155 Å². The van der Waals surface area contributed by atoms with Crippen LogP contribution in [-0.2, 0) is 12.8 Å². The maximum atomic E-state index is 14.0. The van der Waals surface area contributed by atoms with Gasteiger partial charge in [0.2, 0.25) is 0 Å². The van der Waals surface area contributed by atoms with Crippen molar-refractivity contribution in [1.29, 1.82) is 0 Å². The van der Waals surface area contributed by atoms with E-state index in [4.69, 9.17) is 4.74 Å². The van der Waals surface area contributed by atoms with Gasteiger partial charge in [-0.2, -0.15) is 0 Å². The summed E-state index contributed by atoms with van der Waals surface area (Å²) in [5, 5.41) is 0. The molecule has 1 aliphatic carbocycles. The number of nitrogens with one attached hydrogen (secondary N) is 1. The Balaban J connectivity index is 1.50. The van der Waals surface area contributed by atoms with Crippen molar-refractivity contribution in [3.8, 4) is 5.75 Å². The fourth-order valence-corrected chi connectivity index (χ4v) is 3.86. The van der Waals surface area contributed by atoms with Crippen LogP contribution in [0.15, 0.2) is 41.3 Å². The Kier molecular flexibility index (Phi) is 4.45. The molecular formula is C20H20F2N2O3. The van der Waals surface area contributed by atoms with Gasteiger partial charge in [-0.25, -0.2) is 8.78 Å². The third-order valence-corrected chi connectivity index (χ3v) is 5.20. The van der Waals surface area contributed by atoms with Gasteiger partial charge in [-0.15, -0.1) is 0 Å². The SMILES string of the molecule is O=C(c1ccc[nH]c1=O)N1CC(F)(F)C[C@H]1COc1ccc2c(c1)CCC2. The minimum absolute atomic E-state index is 0.0369. The molecule has 0 saturated carbocycles. The highest BCUT2D eigenvalue weighted by molar-refractivity contribution is 5.94. The Bertz CT molecular complexity index is 925. The Morgan fingerprint density at radius 2 is 2.07 bits per heavy atom. The summed E-state index contributed by atoms with van der Waals surface area (Å²) in [6.45, 7) is -0.747. The number of benzene rings is 1. The molecule has 0 bridgehead atoms. The molecule has 2 aromatic rings. The number of ether oxygens (including phenoxy) is 1. The maximum absolute atomic E-state index is 14.0. The lowest BCUT2D eigenvalue weighted by Gasteiger charge is -2.24.